The van der Waals surface area contributed by atoms with Gasteiger partial charge in [-0.15, -0.1) is 0 Å². The zero-order valence-corrected chi connectivity index (χ0v) is 27.2. The summed E-state index contributed by atoms with van der Waals surface area (Å²) in [6.45, 7) is 7.21. The van der Waals surface area contributed by atoms with Crippen LogP contribution in [0.4, 0.5) is 0 Å². The summed E-state index contributed by atoms with van der Waals surface area (Å²) < 4.78 is 21.8. The largest absolute Gasteiger partial charge is 0.490 e. The number of thiocarbonyl (C=S) groups is 1. The Morgan fingerprint density at radius 3 is 2.35 bits per heavy atom. The number of carbonyl (C=O) groups excluding carboxylic acids is 4. The van der Waals surface area contributed by atoms with Gasteiger partial charge >= 0.3 is 17.9 Å². The fourth-order valence-corrected chi connectivity index (χ4v) is 5.00. The van der Waals surface area contributed by atoms with E-state index in [2.05, 4.69) is 17.5 Å². The molecule has 0 bridgehead atoms. The molecular weight excluding hydrogens is 596 g/mol. The number of hydrogen-bond acceptors (Lipinski definition) is 11. The highest BCUT2D eigenvalue weighted by atomic mass is 32.2. The number of hydrogen-bond donors (Lipinski definition) is 3. The topological polar surface area (TPSA) is 163 Å². The first-order valence-electron chi connectivity index (χ1n) is 14.3. The molecule has 0 aromatic heterocycles. The summed E-state index contributed by atoms with van der Waals surface area (Å²) in [6.07, 6.45) is 1.18. The highest BCUT2D eigenvalue weighted by molar-refractivity contribution is 7.99. The van der Waals surface area contributed by atoms with Gasteiger partial charge in [0.05, 0.1) is 17.4 Å². The van der Waals surface area contributed by atoms with Crippen molar-refractivity contribution in [2.75, 3.05) is 37.9 Å². The lowest BCUT2D eigenvalue weighted by atomic mass is 9.81. The minimum Gasteiger partial charge on any atom is -0.490 e. The molecule has 13 heteroatoms. The molecule has 1 rings (SSSR count). The van der Waals surface area contributed by atoms with Gasteiger partial charge in [-0.3, -0.25) is 19.2 Å². The minimum absolute atomic E-state index is 0.00830. The van der Waals surface area contributed by atoms with Crippen molar-refractivity contribution in [1.82, 2.24) is 5.32 Å². The smallest absolute Gasteiger partial charge is 0.312 e. The molecule has 2 atom stereocenters. The molecule has 0 aliphatic heterocycles. The Bertz CT molecular complexity index is 1040. The van der Waals surface area contributed by atoms with Crippen molar-refractivity contribution in [3.05, 3.63) is 30.3 Å². The SMILES string of the molecule is CC(COC(=O)C(C)(C)CCCC(C)(CSCCO)C(=O)OCCOc1ccccc1)OC(=O)CCCC(=O)NC(N)=S. The van der Waals surface area contributed by atoms with Crippen LogP contribution in [-0.2, 0) is 33.4 Å². The van der Waals surface area contributed by atoms with Crippen LogP contribution in [-0.4, -0.2) is 78.1 Å². The fourth-order valence-electron chi connectivity index (χ4n) is 3.90. The van der Waals surface area contributed by atoms with Crippen LogP contribution in [0.15, 0.2) is 30.3 Å². The monoisotopic (exact) mass is 642 g/mol. The number of para-hydroxylation sites is 1. The summed E-state index contributed by atoms with van der Waals surface area (Å²) in [4.78, 5) is 49.4. The Balaban J connectivity index is 2.49. The van der Waals surface area contributed by atoms with Gasteiger partial charge in [-0.2, -0.15) is 11.8 Å². The molecular formula is C30H46N2O9S2. The van der Waals surface area contributed by atoms with Crippen LogP contribution < -0.4 is 15.8 Å². The molecule has 0 saturated carbocycles. The average molecular weight is 643 g/mol. The van der Waals surface area contributed by atoms with E-state index in [9.17, 15) is 24.3 Å². The molecule has 0 aliphatic rings. The number of nitrogens with one attached hydrogen (secondary N) is 1. The summed E-state index contributed by atoms with van der Waals surface area (Å²) in [6, 6.07) is 9.25. The van der Waals surface area contributed by atoms with Crippen molar-refractivity contribution >= 4 is 52.9 Å². The normalized spacial score (nSPS) is 13.2. The molecule has 0 radical (unpaired) electrons. The van der Waals surface area contributed by atoms with Gasteiger partial charge in [0, 0.05) is 24.3 Å². The molecule has 0 aliphatic carbocycles. The number of benzene rings is 1. The molecule has 0 heterocycles. The Hall–Kier alpha value is -2.90. The number of ether oxygens (including phenoxy) is 4. The molecule has 0 saturated heterocycles. The number of rotatable bonds is 21. The van der Waals surface area contributed by atoms with Crippen LogP contribution in [0.5, 0.6) is 5.75 Å². The molecule has 11 nitrogen and oxygen atoms in total. The Labute approximate surface area is 263 Å². The van der Waals surface area contributed by atoms with E-state index in [1.54, 1.807) is 20.8 Å². The molecule has 0 fully saturated rings. The number of thioether (sulfide) groups is 1. The molecule has 0 spiro atoms. The van der Waals surface area contributed by atoms with Crippen molar-refractivity contribution in [1.29, 1.82) is 0 Å². The van der Waals surface area contributed by atoms with E-state index in [1.807, 2.05) is 37.3 Å². The van der Waals surface area contributed by atoms with Gasteiger partial charge in [0.25, 0.3) is 0 Å². The molecule has 2 unspecified atom stereocenters. The lowest BCUT2D eigenvalue weighted by Gasteiger charge is -2.29. The van der Waals surface area contributed by atoms with E-state index < -0.39 is 28.9 Å². The highest BCUT2D eigenvalue weighted by Crippen LogP contribution is 2.34. The molecule has 242 valence electrons. The fraction of sp³-hybridized carbons (Fsp3) is 0.633. The molecule has 43 heavy (non-hydrogen) atoms. The summed E-state index contributed by atoms with van der Waals surface area (Å²) in [5.41, 5.74) is 3.58. The minimum atomic E-state index is -0.840. The third-order valence-electron chi connectivity index (χ3n) is 6.39. The van der Waals surface area contributed by atoms with Crippen LogP contribution in [0.2, 0.25) is 0 Å². The maximum atomic E-state index is 13.1. The van der Waals surface area contributed by atoms with Crippen molar-refractivity contribution in [3.63, 3.8) is 0 Å². The zero-order valence-electron chi connectivity index (χ0n) is 25.6. The van der Waals surface area contributed by atoms with Crippen LogP contribution in [0.3, 0.4) is 0 Å². The molecule has 1 aromatic rings. The Kier molecular flexibility index (Phi) is 17.8. The molecule has 4 N–H and O–H groups in total. The second kappa shape index (κ2) is 20.1. The molecule has 1 amide bonds. The van der Waals surface area contributed by atoms with Crippen molar-refractivity contribution < 1.29 is 43.2 Å². The summed E-state index contributed by atoms with van der Waals surface area (Å²) >= 11 is 6.06. The average Bonchev–Trinajstić information content (AvgIpc) is 2.94. The highest BCUT2D eigenvalue weighted by Gasteiger charge is 2.36. The van der Waals surface area contributed by atoms with Crippen LogP contribution in [0.25, 0.3) is 0 Å². The number of aliphatic hydroxyl groups excluding tert-OH is 1. The van der Waals surface area contributed by atoms with Gasteiger partial charge < -0.3 is 35.1 Å². The predicted molar refractivity (Wildman–Crippen MR) is 168 cm³/mol. The van der Waals surface area contributed by atoms with Crippen molar-refractivity contribution in [2.45, 2.75) is 72.3 Å². The van der Waals surface area contributed by atoms with E-state index in [1.165, 1.54) is 11.8 Å². The lowest BCUT2D eigenvalue weighted by Crippen LogP contribution is -2.35. The third kappa shape index (κ3) is 16.5. The van der Waals surface area contributed by atoms with E-state index in [4.69, 9.17) is 24.7 Å². The number of nitrogens with two attached hydrogens (primary N) is 1. The first-order valence-corrected chi connectivity index (χ1v) is 15.8. The van der Waals surface area contributed by atoms with Gasteiger partial charge in [0.15, 0.2) is 5.11 Å². The maximum Gasteiger partial charge on any atom is 0.312 e. The zero-order chi connectivity index (χ0) is 32.3. The second-order valence-electron chi connectivity index (χ2n) is 11.0. The van der Waals surface area contributed by atoms with Crippen molar-refractivity contribution in [2.24, 2.45) is 16.6 Å². The van der Waals surface area contributed by atoms with Gasteiger partial charge in [-0.25, -0.2) is 0 Å². The standard InChI is InChI=1S/C30H46N2O9S2/c1-22(41-25(35)13-8-12-24(34)32-28(31)42)20-40-26(36)29(2,3)14-9-15-30(4,21-43-19-16-33)27(37)39-18-17-38-23-10-6-5-7-11-23/h5-7,10-11,22,33H,8-9,12-21H2,1-4H3,(H3,31,32,34,42). The van der Waals surface area contributed by atoms with Gasteiger partial charge in [-0.05, 0) is 71.3 Å². The molecule has 1 aromatic carbocycles. The summed E-state index contributed by atoms with van der Waals surface area (Å²) in [7, 11) is 0. The van der Waals surface area contributed by atoms with Crippen LogP contribution in [0, 0.1) is 10.8 Å². The first kappa shape index (κ1) is 38.1. The number of aliphatic hydroxyl groups is 1. The number of amides is 1. The summed E-state index contributed by atoms with van der Waals surface area (Å²) in [5.74, 6) is -0.0291. The van der Waals surface area contributed by atoms with Gasteiger partial charge in [0.1, 0.15) is 31.7 Å². The van der Waals surface area contributed by atoms with Gasteiger partial charge in [-0.1, -0.05) is 24.6 Å². The Morgan fingerprint density at radius 1 is 1.00 bits per heavy atom. The number of carbonyl (C=O) groups is 4. The Morgan fingerprint density at radius 2 is 1.70 bits per heavy atom. The summed E-state index contributed by atoms with van der Waals surface area (Å²) in [5, 5.41) is 11.4. The van der Waals surface area contributed by atoms with Crippen LogP contribution in [0.1, 0.15) is 66.2 Å². The predicted octanol–water partition coefficient (Wildman–Crippen LogP) is 3.54. The quantitative estimate of drug-likeness (QED) is 0.0775. The van der Waals surface area contributed by atoms with E-state index >= 15 is 0 Å². The van der Waals surface area contributed by atoms with Gasteiger partial charge in [0.2, 0.25) is 5.91 Å². The van der Waals surface area contributed by atoms with E-state index in [0.717, 1.165) is 0 Å². The lowest BCUT2D eigenvalue weighted by molar-refractivity contribution is -0.164. The second-order valence-corrected chi connectivity index (χ2v) is 12.6. The maximum absolute atomic E-state index is 13.1. The van der Waals surface area contributed by atoms with E-state index in [-0.39, 0.29) is 62.7 Å². The van der Waals surface area contributed by atoms with Crippen molar-refractivity contribution in [3.8, 4) is 5.75 Å². The first-order chi connectivity index (χ1) is 20.3. The van der Waals surface area contributed by atoms with E-state index in [0.29, 0.717) is 36.5 Å². The van der Waals surface area contributed by atoms with Crippen LogP contribution >= 0.6 is 24.0 Å². The number of esters is 3. The third-order valence-corrected chi connectivity index (χ3v) is 7.80.